The van der Waals surface area contributed by atoms with E-state index in [1.165, 1.54) is 7.11 Å². The zero-order chi connectivity index (χ0) is 13.9. The van der Waals surface area contributed by atoms with Crippen LogP contribution in [0, 0.1) is 16.7 Å². The molecule has 100 valence electrons. The molecule has 0 amide bonds. The van der Waals surface area contributed by atoms with Gasteiger partial charge in [0.2, 0.25) is 0 Å². The van der Waals surface area contributed by atoms with Crippen molar-refractivity contribution in [2.24, 2.45) is 5.41 Å². The molecule has 0 bridgehead atoms. The molecule has 0 saturated heterocycles. The molecule has 0 radical (unpaired) electrons. The summed E-state index contributed by atoms with van der Waals surface area (Å²) in [5, 5.41) is 8.76. The first-order valence-corrected chi connectivity index (χ1v) is 6.08. The summed E-state index contributed by atoms with van der Waals surface area (Å²) < 4.78 is 10.4. The van der Waals surface area contributed by atoms with Crippen molar-refractivity contribution in [1.29, 1.82) is 5.26 Å². The number of hydrogen-bond acceptors (Lipinski definition) is 5. The van der Waals surface area contributed by atoms with Gasteiger partial charge in [0, 0.05) is 23.6 Å². The van der Waals surface area contributed by atoms with E-state index in [0.29, 0.717) is 30.0 Å². The summed E-state index contributed by atoms with van der Waals surface area (Å²) in [6.45, 7) is 0.425. The van der Waals surface area contributed by atoms with Gasteiger partial charge in [-0.05, 0) is 25.0 Å². The van der Waals surface area contributed by atoms with E-state index in [1.807, 2.05) is 0 Å². The van der Waals surface area contributed by atoms with Gasteiger partial charge in [-0.25, -0.2) is 4.79 Å². The maximum Gasteiger partial charge on any atom is 0.341 e. The lowest BCUT2D eigenvalue weighted by Gasteiger charge is -2.15. The second-order valence-corrected chi connectivity index (χ2v) is 4.87. The largest absolute Gasteiger partial charge is 0.492 e. The highest BCUT2D eigenvalue weighted by Gasteiger charge is 2.43. The van der Waals surface area contributed by atoms with Crippen molar-refractivity contribution < 1.29 is 14.3 Å². The van der Waals surface area contributed by atoms with Crippen LogP contribution in [0.1, 0.15) is 29.6 Å². The predicted molar refractivity (Wildman–Crippen MR) is 69.6 cm³/mol. The standard InChI is InChI=1S/C14H16N2O3/c1-18-13(17)11-3-2-10(16)8-12(11)19-9-14(4-5-14)6-7-15/h2-3,8H,4-6,9,16H2,1H3. The Bertz CT molecular complexity index is 530. The van der Waals surface area contributed by atoms with Crippen LogP contribution in [0.15, 0.2) is 18.2 Å². The average Bonchev–Trinajstić information content (AvgIpc) is 3.16. The van der Waals surface area contributed by atoms with Gasteiger partial charge in [-0.1, -0.05) is 0 Å². The van der Waals surface area contributed by atoms with Crippen molar-refractivity contribution in [3.05, 3.63) is 23.8 Å². The topological polar surface area (TPSA) is 85.3 Å². The molecule has 5 nitrogen and oxygen atoms in total. The molecule has 0 aromatic heterocycles. The number of nitriles is 1. The fourth-order valence-corrected chi connectivity index (χ4v) is 1.88. The number of carbonyl (C=O) groups excluding carboxylic acids is 1. The fraction of sp³-hybridized carbons (Fsp3) is 0.429. The number of hydrogen-bond donors (Lipinski definition) is 1. The Hall–Kier alpha value is -2.22. The number of nitrogen functional groups attached to an aromatic ring is 1. The third-order valence-electron chi connectivity index (χ3n) is 3.36. The number of anilines is 1. The zero-order valence-electron chi connectivity index (χ0n) is 10.8. The molecule has 19 heavy (non-hydrogen) atoms. The van der Waals surface area contributed by atoms with E-state index < -0.39 is 5.97 Å². The van der Waals surface area contributed by atoms with Crippen LogP contribution < -0.4 is 10.5 Å². The number of carbonyl (C=O) groups is 1. The van der Waals surface area contributed by atoms with Crippen molar-refractivity contribution in [2.75, 3.05) is 19.5 Å². The molecule has 1 aromatic rings. The molecule has 0 heterocycles. The summed E-state index contributed by atoms with van der Waals surface area (Å²) >= 11 is 0. The summed E-state index contributed by atoms with van der Waals surface area (Å²) in [5.41, 5.74) is 6.52. The number of ether oxygens (including phenoxy) is 2. The number of nitrogens with two attached hydrogens (primary N) is 1. The first-order valence-electron chi connectivity index (χ1n) is 6.08. The lowest BCUT2D eigenvalue weighted by Crippen LogP contribution is -2.14. The maximum atomic E-state index is 11.6. The molecule has 0 spiro atoms. The molecule has 5 heteroatoms. The van der Waals surface area contributed by atoms with Gasteiger partial charge in [-0.15, -0.1) is 0 Å². The summed E-state index contributed by atoms with van der Waals surface area (Å²) in [6.07, 6.45) is 2.44. The molecular weight excluding hydrogens is 244 g/mol. The first-order chi connectivity index (χ1) is 9.10. The normalized spacial score (nSPS) is 15.4. The molecule has 2 N–H and O–H groups in total. The van der Waals surface area contributed by atoms with Crippen molar-refractivity contribution in [2.45, 2.75) is 19.3 Å². The summed E-state index contributed by atoms with van der Waals surface area (Å²) in [4.78, 5) is 11.6. The molecule has 2 rings (SSSR count). The smallest absolute Gasteiger partial charge is 0.341 e. The Balaban J connectivity index is 2.13. The van der Waals surface area contributed by atoms with Gasteiger partial charge in [-0.2, -0.15) is 5.26 Å². The van der Waals surface area contributed by atoms with Crippen LogP contribution in [0.3, 0.4) is 0 Å². The van der Waals surface area contributed by atoms with Crippen molar-refractivity contribution >= 4 is 11.7 Å². The minimum Gasteiger partial charge on any atom is -0.492 e. The zero-order valence-corrected chi connectivity index (χ0v) is 10.8. The number of benzene rings is 1. The highest BCUT2D eigenvalue weighted by Crippen LogP contribution is 2.48. The Morgan fingerprint density at radius 2 is 2.26 bits per heavy atom. The van der Waals surface area contributed by atoms with E-state index >= 15 is 0 Å². The molecule has 1 fully saturated rings. The highest BCUT2D eigenvalue weighted by atomic mass is 16.5. The second-order valence-electron chi connectivity index (χ2n) is 4.87. The third-order valence-corrected chi connectivity index (χ3v) is 3.36. The molecule has 1 aromatic carbocycles. The summed E-state index contributed by atoms with van der Waals surface area (Å²) in [7, 11) is 1.32. The molecule has 1 saturated carbocycles. The van der Waals surface area contributed by atoms with Gasteiger partial charge >= 0.3 is 5.97 Å². The highest BCUT2D eigenvalue weighted by molar-refractivity contribution is 5.93. The van der Waals surface area contributed by atoms with Crippen LogP contribution in [0.4, 0.5) is 5.69 Å². The van der Waals surface area contributed by atoms with Crippen molar-refractivity contribution in [3.8, 4) is 11.8 Å². The van der Waals surface area contributed by atoms with E-state index in [4.69, 9.17) is 20.5 Å². The number of methoxy groups -OCH3 is 1. The molecule has 0 aliphatic heterocycles. The van der Waals surface area contributed by atoms with E-state index in [1.54, 1.807) is 18.2 Å². The molecule has 1 aliphatic carbocycles. The number of nitrogens with zero attached hydrogens (tertiary/aromatic N) is 1. The molecule has 0 atom stereocenters. The Morgan fingerprint density at radius 3 is 2.84 bits per heavy atom. The van der Waals surface area contributed by atoms with Crippen LogP contribution in [-0.2, 0) is 4.74 Å². The Kier molecular flexibility index (Phi) is 3.61. The van der Waals surface area contributed by atoms with Crippen LogP contribution in [-0.4, -0.2) is 19.7 Å². The number of esters is 1. The van der Waals surface area contributed by atoms with Crippen LogP contribution in [0.5, 0.6) is 5.75 Å². The van der Waals surface area contributed by atoms with E-state index in [-0.39, 0.29) is 5.41 Å². The monoisotopic (exact) mass is 260 g/mol. The van der Waals surface area contributed by atoms with Gasteiger partial charge in [-0.3, -0.25) is 0 Å². The SMILES string of the molecule is COC(=O)c1ccc(N)cc1OCC1(CC#N)CC1. The van der Waals surface area contributed by atoms with E-state index in [0.717, 1.165) is 12.8 Å². The lowest BCUT2D eigenvalue weighted by molar-refractivity contribution is 0.0594. The summed E-state index contributed by atoms with van der Waals surface area (Å²) in [6, 6.07) is 6.99. The van der Waals surface area contributed by atoms with Crippen LogP contribution in [0.2, 0.25) is 0 Å². The third kappa shape index (κ3) is 2.97. The van der Waals surface area contributed by atoms with E-state index in [9.17, 15) is 4.79 Å². The fourth-order valence-electron chi connectivity index (χ4n) is 1.88. The lowest BCUT2D eigenvalue weighted by atomic mass is 10.1. The summed E-state index contributed by atoms with van der Waals surface area (Å²) in [5.74, 6) is -0.0452. The minimum atomic E-state index is -0.458. The van der Waals surface area contributed by atoms with Crippen molar-refractivity contribution in [1.82, 2.24) is 0 Å². The molecule has 1 aliphatic rings. The quantitative estimate of drug-likeness (QED) is 0.647. The Morgan fingerprint density at radius 1 is 1.53 bits per heavy atom. The average molecular weight is 260 g/mol. The van der Waals surface area contributed by atoms with Gasteiger partial charge < -0.3 is 15.2 Å². The van der Waals surface area contributed by atoms with Gasteiger partial charge in [0.05, 0.1) is 19.8 Å². The van der Waals surface area contributed by atoms with Crippen LogP contribution in [0.25, 0.3) is 0 Å². The van der Waals surface area contributed by atoms with Gasteiger partial charge in [0.25, 0.3) is 0 Å². The predicted octanol–water partition coefficient (Wildman–Crippen LogP) is 2.13. The number of rotatable bonds is 5. The second kappa shape index (κ2) is 5.19. The van der Waals surface area contributed by atoms with E-state index in [2.05, 4.69) is 6.07 Å². The van der Waals surface area contributed by atoms with Gasteiger partial charge in [0.1, 0.15) is 11.3 Å². The first kappa shape index (κ1) is 13.2. The van der Waals surface area contributed by atoms with Crippen molar-refractivity contribution in [3.63, 3.8) is 0 Å². The van der Waals surface area contributed by atoms with Gasteiger partial charge in [0.15, 0.2) is 0 Å². The molecule has 0 unspecified atom stereocenters. The molecular formula is C14H16N2O3. The maximum absolute atomic E-state index is 11.6. The minimum absolute atomic E-state index is 0.0489. The van der Waals surface area contributed by atoms with Crippen LogP contribution >= 0.6 is 0 Å². The Labute approximate surface area is 111 Å².